The number of aryl methyl sites for hydroxylation is 2. The van der Waals surface area contributed by atoms with Gasteiger partial charge in [0.15, 0.2) is 0 Å². The van der Waals surface area contributed by atoms with E-state index in [0.717, 1.165) is 12.3 Å². The van der Waals surface area contributed by atoms with Gasteiger partial charge in [0.2, 0.25) is 5.95 Å². The van der Waals surface area contributed by atoms with Crippen molar-refractivity contribution in [3.63, 3.8) is 0 Å². The molecule has 1 amide bonds. The lowest BCUT2D eigenvalue weighted by Crippen LogP contribution is -2.18. The molecule has 2 aromatic heterocycles. The Morgan fingerprint density at radius 3 is 2.65 bits per heavy atom. The first-order chi connectivity index (χ1) is 9.51. The molecule has 0 unspecified atom stereocenters. The Balaban J connectivity index is 2.27. The number of aromatic nitrogens is 4. The highest BCUT2D eigenvalue weighted by Crippen LogP contribution is 2.14. The molecule has 0 saturated heterocycles. The maximum Gasteiger partial charge on any atom is 0.261 e. The van der Waals surface area contributed by atoms with E-state index in [9.17, 15) is 9.18 Å². The van der Waals surface area contributed by atoms with Gasteiger partial charge in [-0.2, -0.15) is 5.10 Å². The number of nitrogens with one attached hydrogen (secondary N) is 2. The summed E-state index contributed by atoms with van der Waals surface area (Å²) in [6, 6.07) is 1.09. The normalized spacial score (nSPS) is 10.2. The number of halogens is 1. The van der Waals surface area contributed by atoms with Gasteiger partial charge < -0.3 is 5.32 Å². The van der Waals surface area contributed by atoms with Crippen LogP contribution < -0.4 is 10.6 Å². The Hall–Kier alpha value is -2.64. The zero-order chi connectivity index (χ0) is 14.7. The number of rotatable bonds is 3. The number of hydrogen-bond donors (Lipinski definition) is 2. The van der Waals surface area contributed by atoms with Gasteiger partial charge in [0.25, 0.3) is 5.91 Å². The van der Waals surface area contributed by atoms with E-state index in [2.05, 4.69) is 30.8 Å². The fourth-order valence-electron chi connectivity index (χ4n) is 1.49. The fraction of sp³-hybridized carbons (Fsp3) is 0.250. The quantitative estimate of drug-likeness (QED) is 0.878. The monoisotopic (exact) mass is 276 g/mol. The lowest BCUT2D eigenvalue weighted by molar-refractivity contribution is 0.102. The van der Waals surface area contributed by atoms with Gasteiger partial charge in [0, 0.05) is 7.05 Å². The lowest BCUT2D eigenvalue weighted by atomic mass is 10.2. The molecular weight excluding hydrogens is 263 g/mol. The standard InChI is InChI=1S/C12H13FN6O/c1-6-7(2)18-19-12(16-6)17-11(20)9-4-8(13)5-15-10(9)14-3/h4-5H,1-3H3,(H,14,15)(H,16,17,19,20). The molecular formula is C12H13FN6O. The molecule has 104 valence electrons. The van der Waals surface area contributed by atoms with Crippen molar-refractivity contribution in [2.45, 2.75) is 13.8 Å². The van der Waals surface area contributed by atoms with Gasteiger partial charge >= 0.3 is 0 Å². The van der Waals surface area contributed by atoms with Crippen LogP contribution in [0.1, 0.15) is 21.7 Å². The Kier molecular flexibility index (Phi) is 3.83. The minimum Gasteiger partial charge on any atom is -0.372 e. The van der Waals surface area contributed by atoms with E-state index in [0.29, 0.717) is 11.4 Å². The van der Waals surface area contributed by atoms with E-state index < -0.39 is 11.7 Å². The van der Waals surface area contributed by atoms with Crippen molar-refractivity contribution >= 4 is 17.7 Å². The first-order valence-corrected chi connectivity index (χ1v) is 5.84. The smallest absolute Gasteiger partial charge is 0.261 e. The van der Waals surface area contributed by atoms with Crippen molar-refractivity contribution in [2.75, 3.05) is 17.7 Å². The Morgan fingerprint density at radius 2 is 2.00 bits per heavy atom. The molecule has 0 radical (unpaired) electrons. The first-order valence-electron chi connectivity index (χ1n) is 5.84. The zero-order valence-corrected chi connectivity index (χ0v) is 11.2. The van der Waals surface area contributed by atoms with Crippen molar-refractivity contribution in [1.29, 1.82) is 0 Å². The molecule has 0 atom stereocenters. The van der Waals surface area contributed by atoms with Crippen LogP contribution in [0.25, 0.3) is 0 Å². The number of carbonyl (C=O) groups excluding carboxylic acids is 1. The number of pyridine rings is 1. The average molecular weight is 276 g/mol. The highest BCUT2D eigenvalue weighted by Gasteiger charge is 2.15. The molecule has 2 N–H and O–H groups in total. The summed E-state index contributed by atoms with van der Waals surface area (Å²) >= 11 is 0. The van der Waals surface area contributed by atoms with E-state index in [-0.39, 0.29) is 17.3 Å². The van der Waals surface area contributed by atoms with Gasteiger partial charge in [-0.25, -0.2) is 14.4 Å². The third-order valence-electron chi connectivity index (χ3n) is 2.65. The van der Waals surface area contributed by atoms with Crippen LogP contribution in [0.2, 0.25) is 0 Å². The van der Waals surface area contributed by atoms with Crippen molar-refractivity contribution in [1.82, 2.24) is 20.2 Å². The second-order valence-corrected chi connectivity index (χ2v) is 4.06. The molecule has 0 aliphatic carbocycles. The van der Waals surface area contributed by atoms with E-state index in [1.54, 1.807) is 20.9 Å². The van der Waals surface area contributed by atoms with Crippen LogP contribution in [0, 0.1) is 19.7 Å². The first kappa shape index (κ1) is 13.8. The summed E-state index contributed by atoms with van der Waals surface area (Å²) in [5.74, 6) is -0.843. The highest BCUT2D eigenvalue weighted by atomic mass is 19.1. The molecule has 2 heterocycles. The Bertz CT molecular complexity index is 660. The molecule has 0 saturated carbocycles. The molecule has 8 heteroatoms. The molecule has 0 bridgehead atoms. The molecule has 7 nitrogen and oxygen atoms in total. The maximum atomic E-state index is 13.2. The van der Waals surface area contributed by atoms with Crippen LogP contribution in [0.5, 0.6) is 0 Å². The van der Waals surface area contributed by atoms with Gasteiger partial charge in [0.1, 0.15) is 11.6 Å². The van der Waals surface area contributed by atoms with Gasteiger partial charge in [-0.05, 0) is 19.9 Å². The van der Waals surface area contributed by atoms with Crippen molar-refractivity contribution in [3.05, 3.63) is 35.0 Å². The van der Waals surface area contributed by atoms with Gasteiger partial charge in [-0.3, -0.25) is 10.1 Å². The molecule has 0 spiro atoms. The minimum absolute atomic E-state index is 0.0596. The van der Waals surface area contributed by atoms with Crippen LogP contribution in [0.4, 0.5) is 16.2 Å². The maximum absolute atomic E-state index is 13.2. The van der Waals surface area contributed by atoms with Crippen molar-refractivity contribution in [2.24, 2.45) is 0 Å². The molecule has 0 aromatic carbocycles. The number of nitrogens with zero attached hydrogens (tertiary/aromatic N) is 4. The Morgan fingerprint density at radius 1 is 1.25 bits per heavy atom. The number of hydrogen-bond acceptors (Lipinski definition) is 6. The highest BCUT2D eigenvalue weighted by molar-refractivity contribution is 6.06. The number of anilines is 2. The van der Waals surface area contributed by atoms with E-state index in [1.807, 2.05) is 0 Å². The largest absolute Gasteiger partial charge is 0.372 e. The van der Waals surface area contributed by atoms with Gasteiger partial charge in [-0.15, -0.1) is 5.10 Å². The lowest BCUT2D eigenvalue weighted by Gasteiger charge is -2.08. The van der Waals surface area contributed by atoms with E-state index in [1.165, 1.54) is 0 Å². The molecule has 20 heavy (non-hydrogen) atoms. The topological polar surface area (TPSA) is 92.7 Å². The van der Waals surface area contributed by atoms with E-state index in [4.69, 9.17) is 0 Å². The minimum atomic E-state index is -0.603. The summed E-state index contributed by atoms with van der Waals surface area (Å²) < 4.78 is 13.2. The molecule has 0 aliphatic rings. The summed E-state index contributed by atoms with van der Waals surface area (Å²) in [5, 5.41) is 12.8. The predicted octanol–water partition coefficient (Wildman–Crippen LogP) is 1.32. The van der Waals surface area contributed by atoms with E-state index >= 15 is 0 Å². The molecule has 2 rings (SSSR count). The summed E-state index contributed by atoms with van der Waals surface area (Å²) in [7, 11) is 1.59. The van der Waals surface area contributed by atoms with Crippen LogP contribution in [-0.4, -0.2) is 33.1 Å². The van der Waals surface area contributed by atoms with Gasteiger partial charge in [0.05, 0.1) is 23.1 Å². The van der Waals surface area contributed by atoms with Crippen molar-refractivity contribution < 1.29 is 9.18 Å². The zero-order valence-electron chi connectivity index (χ0n) is 11.2. The second-order valence-electron chi connectivity index (χ2n) is 4.06. The fourth-order valence-corrected chi connectivity index (χ4v) is 1.49. The summed E-state index contributed by atoms with van der Waals surface area (Å²) in [5.41, 5.74) is 1.39. The van der Waals surface area contributed by atoms with Crippen LogP contribution in [0.15, 0.2) is 12.3 Å². The molecule has 2 aromatic rings. The third kappa shape index (κ3) is 2.85. The summed E-state index contributed by atoms with van der Waals surface area (Å²) in [4.78, 5) is 19.9. The molecule has 0 aliphatic heterocycles. The van der Waals surface area contributed by atoms with Crippen molar-refractivity contribution in [3.8, 4) is 0 Å². The van der Waals surface area contributed by atoms with Crippen LogP contribution >= 0.6 is 0 Å². The molecule has 0 fully saturated rings. The van der Waals surface area contributed by atoms with Crippen LogP contribution in [0.3, 0.4) is 0 Å². The SMILES string of the molecule is CNc1ncc(F)cc1C(=O)Nc1nnc(C)c(C)n1. The predicted molar refractivity (Wildman–Crippen MR) is 71.0 cm³/mol. The summed E-state index contributed by atoms with van der Waals surface area (Å²) in [6.45, 7) is 3.51. The number of carbonyl (C=O) groups is 1. The number of amides is 1. The third-order valence-corrected chi connectivity index (χ3v) is 2.65. The second kappa shape index (κ2) is 5.55. The average Bonchev–Trinajstić information content (AvgIpc) is 2.43. The van der Waals surface area contributed by atoms with Gasteiger partial charge in [-0.1, -0.05) is 0 Å². The Labute approximate surface area is 114 Å². The van der Waals surface area contributed by atoms with Crippen LogP contribution in [-0.2, 0) is 0 Å². The summed E-state index contributed by atoms with van der Waals surface area (Å²) in [6.07, 6.45) is 1.02.